The van der Waals surface area contributed by atoms with Gasteiger partial charge in [0.15, 0.2) is 16.9 Å². The number of furan rings is 1. The lowest BCUT2D eigenvalue weighted by Crippen LogP contribution is -1.93. The van der Waals surface area contributed by atoms with Gasteiger partial charge in [0.2, 0.25) is 0 Å². The predicted molar refractivity (Wildman–Crippen MR) is 393 cm³/mol. The van der Waals surface area contributed by atoms with E-state index in [-0.39, 0.29) is 0 Å². The van der Waals surface area contributed by atoms with Crippen molar-refractivity contribution in [2.24, 2.45) is 14.1 Å². The molecule has 18 rings (SSSR count). The zero-order chi connectivity index (χ0) is 69.7. The molecule has 0 saturated heterocycles. The Morgan fingerprint density at radius 3 is 1.73 bits per heavy atom. The van der Waals surface area contributed by atoms with Gasteiger partial charge < -0.3 is 22.9 Å². The van der Waals surface area contributed by atoms with Crippen molar-refractivity contribution in [3.63, 3.8) is 0 Å². The molecule has 0 saturated carbocycles. The van der Waals surface area contributed by atoms with Gasteiger partial charge in [-0.05, 0) is 193 Å². The van der Waals surface area contributed by atoms with Gasteiger partial charge in [-0.25, -0.2) is 34.0 Å². The number of pyridine rings is 5. The van der Waals surface area contributed by atoms with E-state index in [9.17, 15) is 0 Å². The fraction of sp³-hybridized carbons (Fsp3) is 0.224. The molecule has 0 amide bonds. The standard InChI is InChI=1S/C10H12N2.C10H11N.C9H9NO.C9H9NS.3C8H9N3.2C7H7N3/c1-7-4-11-5-9-10(7)8(2)6-12(9)3;1-7-3-4-9-6-11-5-8(2)10(7)9;2*1-6-3-10-4-8-9(6)7(2)5-11-8;1-6-3-9-4-7-8(6)11(2)5-10-7;1-6-3-9-5-11-8(6)7(2)4-10-11;1-6-3-9-5-8-10-4-7(2)11(6)8;1-6-4-8-5-7-9-2-3-10(6)7;1-6-4-8-5-10-7(6)2-3-9-10/h4-6H,1-3H3;3-6,11H,1-2H3;5*3-5H,1-2H3;2*2-5H,1H3. The van der Waals surface area contributed by atoms with E-state index in [1.807, 2.05) is 170 Å². The Kier molecular flexibility index (Phi) is 22.1. The molecule has 1 N–H and O–H groups in total. The molecule has 0 aromatic carbocycles. The smallest absolute Gasteiger partial charge is 0.155 e. The van der Waals surface area contributed by atoms with Crippen LogP contribution in [0.1, 0.15) is 83.8 Å². The molecule has 98 heavy (non-hydrogen) atoms. The van der Waals surface area contributed by atoms with E-state index in [1.165, 1.54) is 110 Å². The highest BCUT2D eigenvalue weighted by atomic mass is 32.1. The molecule has 17 heterocycles. The lowest BCUT2D eigenvalue weighted by molar-refractivity contribution is 0.611. The number of nitrogens with one attached hydrogen (secondary N) is 1. The molecular weight excluding hydrogens is 1240 g/mol. The van der Waals surface area contributed by atoms with Crippen LogP contribution in [0.25, 0.3) is 76.4 Å². The van der Waals surface area contributed by atoms with E-state index >= 15 is 0 Å². The fourth-order valence-corrected chi connectivity index (χ4v) is 12.9. The monoisotopic (exact) mass is 1320 g/mol. The summed E-state index contributed by atoms with van der Waals surface area (Å²) in [5, 5.41) is 14.3. The van der Waals surface area contributed by atoms with Crippen molar-refractivity contribution in [2.75, 3.05) is 0 Å². The van der Waals surface area contributed by atoms with Crippen LogP contribution in [0.15, 0.2) is 190 Å². The molecule has 0 bridgehead atoms. The molecule has 0 atom stereocenters. The van der Waals surface area contributed by atoms with Crippen LogP contribution in [0.4, 0.5) is 0 Å². The number of aromatic nitrogens is 20. The minimum atomic E-state index is 0.877. The second-order valence-corrected chi connectivity index (χ2v) is 25.1. The van der Waals surface area contributed by atoms with Gasteiger partial charge in [-0.15, -0.1) is 11.3 Å². The summed E-state index contributed by atoms with van der Waals surface area (Å²) in [4.78, 5) is 48.0. The van der Waals surface area contributed by atoms with Crippen molar-refractivity contribution in [1.82, 2.24) is 97.0 Å². The van der Waals surface area contributed by atoms with Gasteiger partial charge in [0.1, 0.15) is 18.2 Å². The Hall–Kier alpha value is -11.7. The largest absolute Gasteiger partial charge is 0.462 e. The third-order valence-electron chi connectivity index (χ3n) is 16.5. The SMILES string of the molecule is Cc1ccc2c[nH]cc(C)c1-2.Cc1cncc2c1c(C)cn2C.Cc1cncc2ncc(C)n12.Cc1cncc2nccn12.Cc1cncc2ncn(C)c12.Cc1cncc2occ(C)c12.Cc1cncc2scc(C)c12.Cc1cncn2ncc(C)c12.Cc1cncn2nccc12. The number of aromatic amines is 1. The lowest BCUT2D eigenvalue weighted by Gasteiger charge is -2.03. The lowest BCUT2D eigenvalue weighted by atomic mass is 10.1. The number of hydrogen-bond acceptors (Lipinski definition) is 15. The second-order valence-electron chi connectivity index (χ2n) is 24.2. The number of rotatable bonds is 0. The van der Waals surface area contributed by atoms with Gasteiger partial charge in [0.05, 0.1) is 82.7 Å². The summed E-state index contributed by atoms with van der Waals surface area (Å²) in [6, 6.07) is 6.27. The molecule has 2 aliphatic rings. The topological polar surface area (TPSA) is 224 Å². The molecule has 498 valence electrons. The van der Waals surface area contributed by atoms with Gasteiger partial charge in [0.25, 0.3) is 0 Å². The summed E-state index contributed by atoms with van der Waals surface area (Å²) in [5.74, 6) is 0. The minimum absolute atomic E-state index is 0.877. The summed E-state index contributed by atoms with van der Waals surface area (Å²) < 4.78 is 18.3. The van der Waals surface area contributed by atoms with Crippen LogP contribution in [0, 0.1) is 104 Å². The first-order chi connectivity index (χ1) is 47.2. The summed E-state index contributed by atoms with van der Waals surface area (Å²) >= 11 is 1.77. The Bertz CT molecular complexity index is 5090. The van der Waals surface area contributed by atoms with Gasteiger partial charge in [0, 0.05) is 140 Å². The second kappa shape index (κ2) is 31.3. The van der Waals surface area contributed by atoms with Crippen LogP contribution in [0.5, 0.6) is 0 Å². The average molecular weight is 1320 g/mol. The third kappa shape index (κ3) is 15.8. The molecule has 21 nitrogen and oxygen atoms in total. The normalized spacial score (nSPS) is 10.7. The van der Waals surface area contributed by atoms with Crippen molar-refractivity contribution in [3.8, 4) is 11.1 Å². The van der Waals surface area contributed by atoms with Crippen LogP contribution in [-0.4, -0.2) is 97.0 Å². The summed E-state index contributed by atoms with van der Waals surface area (Å²) in [6.07, 6.45) is 48.1. The zero-order valence-corrected chi connectivity index (χ0v) is 59.5. The van der Waals surface area contributed by atoms with Crippen molar-refractivity contribution in [2.45, 2.75) is 104 Å². The number of thiophene rings is 1. The molecule has 1 aliphatic heterocycles. The molecule has 22 heteroatoms. The molecule has 0 spiro atoms. The van der Waals surface area contributed by atoms with E-state index in [1.54, 1.807) is 82.8 Å². The Morgan fingerprint density at radius 1 is 0.408 bits per heavy atom. The van der Waals surface area contributed by atoms with Crippen LogP contribution in [-0.2, 0) is 14.1 Å². The zero-order valence-electron chi connectivity index (χ0n) is 58.6. The molecule has 16 aromatic heterocycles. The van der Waals surface area contributed by atoms with E-state index in [2.05, 4.69) is 158 Å². The van der Waals surface area contributed by atoms with Crippen LogP contribution in [0.2, 0.25) is 0 Å². The predicted octanol–water partition coefficient (Wildman–Crippen LogP) is 16.3. The number of hydrogen-bond donors (Lipinski definition) is 1. The molecule has 0 radical (unpaired) electrons. The maximum absolute atomic E-state index is 5.27. The molecule has 16 aromatic rings. The fourth-order valence-electron chi connectivity index (χ4n) is 11.9. The van der Waals surface area contributed by atoms with Crippen molar-refractivity contribution in [3.05, 3.63) is 269 Å². The average Bonchev–Trinajstić information content (AvgIpc) is 1.68. The van der Waals surface area contributed by atoms with E-state index in [0.29, 0.717) is 0 Å². The van der Waals surface area contributed by atoms with Crippen LogP contribution < -0.4 is 0 Å². The van der Waals surface area contributed by atoms with E-state index in [0.717, 1.165) is 50.6 Å². The first-order valence-electron chi connectivity index (χ1n) is 31.8. The van der Waals surface area contributed by atoms with Crippen molar-refractivity contribution in [1.29, 1.82) is 0 Å². The number of fused-ring (bicyclic) bond motifs is 9. The number of nitrogens with zero attached hydrogens (tertiary/aromatic N) is 19. The maximum atomic E-state index is 5.27. The molecule has 0 unspecified atom stereocenters. The van der Waals surface area contributed by atoms with E-state index in [4.69, 9.17) is 4.42 Å². The van der Waals surface area contributed by atoms with Gasteiger partial charge in [-0.2, -0.15) is 10.2 Å². The maximum Gasteiger partial charge on any atom is 0.155 e. The van der Waals surface area contributed by atoms with E-state index < -0.39 is 0 Å². The molecule has 0 fully saturated rings. The van der Waals surface area contributed by atoms with Crippen molar-refractivity contribution < 1.29 is 4.42 Å². The summed E-state index contributed by atoms with van der Waals surface area (Å²) in [5.41, 5.74) is 29.4. The third-order valence-corrected chi connectivity index (χ3v) is 17.5. The Balaban J connectivity index is 0.000000120. The molecular formula is C76H82N20OS. The number of H-pyrrole nitrogens is 1. The van der Waals surface area contributed by atoms with Gasteiger partial charge in [-0.3, -0.25) is 34.3 Å². The number of imidazole rings is 3. The van der Waals surface area contributed by atoms with Crippen LogP contribution >= 0.6 is 11.3 Å². The Morgan fingerprint density at radius 2 is 1.04 bits per heavy atom. The first-order valence-corrected chi connectivity index (χ1v) is 32.7. The minimum Gasteiger partial charge on any atom is -0.462 e. The first kappa shape index (κ1) is 69.2. The quantitative estimate of drug-likeness (QED) is 0.149. The highest BCUT2D eigenvalue weighted by molar-refractivity contribution is 7.17. The summed E-state index contributed by atoms with van der Waals surface area (Å²) in [6.45, 7) is 31.0. The highest BCUT2D eigenvalue weighted by Crippen LogP contribution is 2.30. The summed E-state index contributed by atoms with van der Waals surface area (Å²) in [7, 11) is 4.04. The highest BCUT2D eigenvalue weighted by Gasteiger charge is 2.10. The van der Waals surface area contributed by atoms with Gasteiger partial charge in [-0.1, -0.05) is 12.1 Å². The van der Waals surface area contributed by atoms with Crippen molar-refractivity contribution >= 4 is 76.7 Å². The van der Waals surface area contributed by atoms with Crippen LogP contribution in [0.3, 0.4) is 0 Å². The number of aryl methyl sites for hydroxylation is 17. The molecule has 1 aliphatic carbocycles. The Labute approximate surface area is 573 Å². The van der Waals surface area contributed by atoms with Gasteiger partial charge >= 0.3 is 0 Å².